The van der Waals surface area contributed by atoms with E-state index in [0.717, 1.165) is 54.1 Å². The third-order valence-electron chi connectivity index (χ3n) is 6.16. The van der Waals surface area contributed by atoms with Crippen LogP contribution in [0.2, 0.25) is 0 Å². The first-order valence-electron chi connectivity index (χ1n) is 10.7. The Bertz CT molecular complexity index is 1080. The zero-order chi connectivity index (χ0) is 21.4. The fourth-order valence-electron chi connectivity index (χ4n) is 4.58. The lowest BCUT2D eigenvalue weighted by Crippen LogP contribution is -2.40. The van der Waals surface area contributed by atoms with Crippen molar-refractivity contribution in [2.75, 3.05) is 33.5 Å². The lowest BCUT2D eigenvalue weighted by molar-refractivity contribution is -0.0153. The number of hydrogen-bond acceptors (Lipinski definition) is 7. The van der Waals surface area contributed by atoms with Gasteiger partial charge in [-0.25, -0.2) is 4.68 Å². The monoisotopic (exact) mass is 424 g/mol. The summed E-state index contributed by atoms with van der Waals surface area (Å²) >= 11 is 0. The van der Waals surface area contributed by atoms with E-state index in [0.29, 0.717) is 26.4 Å². The molecule has 2 aliphatic heterocycles. The van der Waals surface area contributed by atoms with Gasteiger partial charge in [-0.3, -0.25) is 4.90 Å². The molecule has 1 aromatic carbocycles. The quantitative estimate of drug-likeness (QED) is 0.621. The predicted molar refractivity (Wildman–Crippen MR) is 113 cm³/mol. The van der Waals surface area contributed by atoms with E-state index in [4.69, 9.17) is 19.3 Å². The molecule has 0 bridgehead atoms. The number of benzene rings is 1. The molecule has 9 nitrogen and oxygen atoms in total. The van der Waals surface area contributed by atoms with Crippen LogP contribution in [0, 0.1) is 13.8 Å². The van der Waals surface area contributed by atoms with Crippen LogP contribution >= 0.6 is 0 Å². The van der Waals surface area contributed by atoms with Gasteiger partial charge in [0, 0.05) is 30.4 Å². The number of nitrogens with zero attached hydrogens (tertiary/aromatic N) is 6. The summed E-state index contributed by atoms with van der Waals surface area (Å²) < 4.78 is 21.0. The Hall–Kier alpha value is -2.75. The Balaban J connectivity index is 1.46. The first kappa shape index (κ1) is 20.2. The number of methoxy groups -OCH3 is 1. The van der Waals surface area contributed by atoms with E-state index < -0.39 is 0 Å². The summed E-state index contributed by atoms with van der Waals surface area (Å²) in [5, 5.41) is 13.6. The first-order chi connectivity index (χ1) is 15.2. The molecule has 1 fully saturated rings. The van der Waals surface area contributed by atoms with Crippen molar-refractivity contribution in [2.24, 2.45) is 0 Å². The van der Waals surface area contributed by atoms with Crippen LogP contribution in [0.1, 0.15) is 34.6 Å². The van der Waals surface area contributed by atoms with Crippen molar-refractivity contribution in [3.05, 3.63) is 52.9 Å². The molecule has 0 amide bonds. The van der Waals surface area contributed by atoms with Crippen molar-refractivity contribution in [3.63, 3.8) is 0 Å². The maximum atomic E-state index is 5.90. The summed E-state index contributed by atoms with van der Waals surface area (Å²) in [5.41, 5.74) is 4.32. The van der Waals surface area contributed by atoms with Crippen molar-refractivity contribution in [3.8, 4) is 11.4 Å². The molecule has 4 heterocycles. The van der Waals surface area contributed by atoms with Gasteiger partial charge in [-0.2, -0.15) is 5.10 Å². The predicted octanol–water partition coefficient (Wildman–Crippen LogP) is 2.19. The molecule has 164 valence electrons. The number of ether oxygens (including phenoxy) is 3. The van der Waals surface area contributed by atoms with E-state index in [1.165, 1.54) is 5.56 Å². The third kappa shape index (κ3) is 3.73. The van der Waals surface area contributed by atoms with Gasteiger partial charge < -0.3 is 18.8 Å². The summed E-state index contributed by atoms with van der Waals surface area (Å²) in [6.07, 6.45) is 0. The average Bonchev–Trinajstić information content (AvgIpc) is 3.34. The summed E-state index contributed by atoms with van der Waals surface area (Å²) in [6, 6.07) is 8.09. The number of hydrogen-bond donors (Lipinski definition) is 0. The summed E-state index contributed by atoms with van der Waals surface area (Å²) in [7, 11) is 1.68. The van der Waals surface area contributed by atoms with Gasteiger partial charge >= 0.3 is 0 Å². The second-order valence-corrected chi connectivity index (χ2v) is 8.00. The lowest BCUT2D eigenvalue weighted by atomic mass is 10.0. The average molecular weight is 425 g/mol. The molecule has 2 aromatic heterocycles. The normalized spacial score (nSPS) is 19.4. The topological polar surface area (TPSA) is 79.5 Å². The number of aryl methyl sites for hydroxylation is 1. The number of fused-ring (bicyclic) bond motifs is 1. The van der Waals surface area contributed by atoms with Crippen molar-refractivity contribution >= 4 is 0 Å². The number of rotatable bonds is 5. The molecular formula is C22H28N6O3. The van der Waals surface area contributed by atoms with Crippen molar-refractivity contribution in [2.45, 2.75) is 39.6 Å². The van der Waals surface area contributed by atoms with Crippen LogP contribution in [0.5, 0.6) is 5.75 Å². The maximum Gasteiger partial charge on any atom is 0.159 e. The molecule has 0 N–H and O–H groups in total. The smallest absolute Gasteiger partial charge is 0.159 e. The Morgan fingerprint density at radius 3 is 2.87 bits per heavy atom. The Labute approximate surface area is 181 Å². The molecule has 0 radical (unpaired) electrons. The van der Waals surface area contributed by atoms with Crippen LogP contribution in [0.15, 0.2) is 24.3 Å². The second kappa shape index (κ2) is 8.41. The van der Waals surface area contributed by atoms with Gasteiger partial charge in [0.15, 0.2) is 5.82 Å². The maximum absolute atomic E-state index is 5.90. The van der Waals surface area contributed by atoms with Crippen LogP contribution in [-0.2, 0) is 29.2 Å². The zero-order valence-electron chi connectivity index (χ0n) is 18.2. The fraction of sp³-hybridized carbons (Fsp3) is 0.500. The minimum atomic E-state index is 0.112. The highest BCUT2D eigenvalue weighted by Crippen LogP contribution is 2.32. The van der Waals surface area contributed by atoms with Gasteiger partial charge in [-0.05, 0) is 26.0 Å². The molecule has 3 aromatic rings. The van der Waals surface area contributed by atoms with E-state index in [2.05, 4.69) is 33.5 Å². The summed E-state index contributed by atoms with van der Waals surface area (Å²) in [6.45, 7) is 9.15. The zero-order valence-corrected chi connectivity index (χ0v) is 18.2. The van der Waals surface area contributed by atoms with Gasteiger partial charge in [-0.15, -0.1) is 10.2 Å². The van der Waals surface area contributed by atoms with Gasteiger partial charge in [0.2, 0.25) is 0 Å². The third-order valence-corrected chi connectivity index (χ3v) is 6.16. The van der Waals surface area contributed by atoms with Crippen LogP contribution in [-0.4, -0.2) is 62.9 Å². The number of aromatic nitrogens is 5. The Kier molecular flexibility index (Phi) is 5.47. The van der Waals surface area contributed by atoms with E-state index in [1.54, 1.807) is 7.11 Å². The highest BCUT2D eigenvalue weighted by atomic mass is 16.5. The van der Waals surface area contributed by atoms with Crippen LogP contribution < -0.4 is 4.74 Å². The van der Waals surface area contributed by atoms with Crippen molar-refractivity contribution < 1.29 is 14.2 Å². The fourth-order valence-corrected chi connectivity index (χ4v) is 4.58. The van der Waals surface area contributed by atoms with Gasteiger partial charge in [0.1, 0.15) is 18.2 Å². The molecule has 1 saturated heterocycles. The van der Waals surface area contributed by atoms with Crippen LogP contribution in [0.25, 0.3) is 5.69 Å². The molecule has 2 aliphatic rings. The van der Waals surface area contributed by atoms with E-state index in [-0.39, 0.29) is 6.04 Å². The molecule has 1 atom stereocenters. The van der Waals surface area contributed by atoms with Gasteiger partial charge in [-0.1, -0.05) is 6.07 Å². The molecule has 1 unspecified atom stereocenters. The van der Waals surface area contributed by atoms with Gasteiger partial charge in [0.25, 0.3) is 0 Å². The molecule has 9 heteroatoms. The van der Waals surface area contributed by atoms with E-state index in [9.17, 15) is 0 Å². The van der Waals surface area contributed by atoms with Crippen LogP contribution in [0.3, 0.4) is 0 Å². The molecule has 0 aliphatic carbocycles. The highest BCUT2D eigenvalue weighted by Gasteiger charge is 2.31. The van der Waals surface area contributed by atoms with Crippen LogP contribution in [0.4, 0.5) is 0 Å². The molecule has 0 spiro atoms. The lowest BCUT2D eigenvalue weighted by Gasteiger charge is -2.35. The summed E-state index contributed by atoms with van der Waals surface area (Å²) in [5.74, 6) is 2.71. The van der Waals surface area contributed by atoms with Crippen molar-refractivity contribution in [1.29, 1.82) is 0 Å². The summed E-state index contributed by atoms with van der Waals surface area (Å²) in [4.78, 5) is 2.43. The Morgan fingerprint density at radius 1 is 1.13 bits per heavy atom. The SMILES string of the molecule is COc1cccc(-n2nc(C)c(C3COCCN3Cc3nnc4n3CCOC4)c2C)c1. The van der Waals surface area contributed by atoms with E-state index >= 15 is 0 Å². The minimum Gasteiger partial charge on any atom is -0.497 e. The van der Waals surface area contributed by atoms with Gasteiger partial charge in [0.05, 0.1) is 50.9 Å². The van der Waals surface area contributed by atoms with Crippen molar-refractivity contribution in [1.82, 2.24) is 29.4 Å². The molecular weight excluding hydrogens is 396 g/mol. The molecule has 5 rings (SSSR count). The van der Waals surface area contributed by atoms with E-state index in [1.807, 2.05) is 28.9 Å². The molecule has 31 heavy (non-hydrogen) atoms. The minimum absolute atomic E-state index is 0.112. The Morgan fingerprint density at radius 2 is 2.00 bits per heavy atom. The first-order valence-corrected chi connectivity index (χ1v) is 10.7. The molecule has 0 saturated carbocycles. The second-order valence-electron chi connectivity index (χ2n) is 8.00. The standard InChI is InChI=1S/C22H28N6O3/c1-15-22(16(2)28(25-15)17-5-4-6-18(11-17)29-3)19-13-30-9-7-26(19)12-20-23-24-21-14-31-10-8-27(20)21/h4-6,11,19H,7-10,12-14H2,1-3H3. The largest absolute Gasteiger partial charge is 0.497 e. The highest BCUT2D eigenvalue weighted by molar-refractivity contribution is 5.42. The number of morpholine rings is 1.